The molecule has 0 spiro atoms. The summed E-state index contributed by atoms with van der Waals surface area (Å²) >= 11 is 0. The quantitative estimate of drug-likeness (QED) is 0.438. The molecule has 0 rings (SSSR count). The second-order valence-electron chi connectivity index (χ2n) is 0.591. The molecule has 0 aliphatic heterocycles. The number of aliphatic hydroxyl groups excluding tert-OH is 1. The van der Waals surface area contributed by atoms with E-state index < -0.39 is 0 Å². The van der Waals surface area contributed by atoms with Gasteiger partial charge in [-0.2, -0.15) is 0 Å². The van der Waals surface area contributed by atoms with Gasteiger partial charge in [0.15, 0.2) is 0 Å². The molecule has 1 unspecified atom stereocenters. The summed E-state index contributed by atoms with van der Waals surface area (Å²) in [6.45, 7) is 2.01. The molecule has 0 heterocycles. The topological polar surface area (TPSA) is 20.2 Å². The lowest BCUT2D eigenvalue weighted by Gasteiger charge is -1.62. The van der Waals surface area contributed by atoms with Gasteiger partial charge in [0.2, 0.25) is 0 Å². The van der Waals surface area contributed by atoms with E-state index >= 15 is 0 Å². The van der Waals surface area contributed by atoms with Crippen LogP contribution in [-0.2, 0) is 0 Å². The van der Waals surface area contributed by atoms with Crippen LogP contribution in [0.25, 0.3) is 0 Å². The molecule has 1 N–H and O–H groups in total. The summed E-state index contributed by atoms with van der Waals surface area (Å²) in [5.74, 6) is 0. The Morgan fingerprint density at radius 1 is 2.00 bits per heavy atom. The van der Waals surface area contributed by atoms with Crippen molar-refractivity contribution in [2.24, 2.45) is 0 Å². The molecule has 1 atom stereocenters. The molecule has 0 aliphatic rings. The molecule has 0 bridgehead atoms. The lowest BCUT2D eigenvalue weighted by atomic mass is 11.7. The normalized spacial score (nSPS) is 10.5. The highest BCUT2D eigenvalue weighted by Gasteiger charge is 1.64. The van der Waals surface area contributed by atoms with E-state index in [1.807, 2.05) is 6.66 Å². The Labute approximate surface area is 27.8 Å². The molecule has 4 heavy (non-hydrogen) atoms. The molecule has 2 heteroatoms. The van der Waals surface area contributed by atoms with Gasteiger partial charge < -0.3 is 5.11 Å². The molecule has 0 fully saturated rings. The number of hydrogen-bond donors (Lipinski definition) is 1. The zero-order valence-corrected chi connectivity index (χ0v) is 3.89. The third kappa shape index (κ3) is 2.39. The summed E-state index contributed by atoms with van der Waals surface area (Å²) < 4.78 is 0. The summed E-state index contributed by atoms with van der Waals surface area (Å²) in [6, 6.07) is 0. The zero-order valence-electron chi connectivity index (χ0n) is 2.73. The summed E-state index contributed by atoms with van der Waals surface area (Å²) in [7, 11) is 0.338. The molecule has 26 valence electrons. The number of rotatable bonds is 1. The van der Waals surface area contributed by atoms with Gasteiger partial charge in [-0.25, -0.2) is 0 Å². The molecule has 0 saturated carbocycles. The van der Waals surface area contributed by atoms with Crippen molar-refractivity contribution in [1.29, 1.82) is 0 Å². The molecule has 0 saturated heterocycles. The predicted molar refractivity (Wildman–Crippen MR) is 22.7 cm³/mol. The predicted octanol–water partition coefficient (Wildman–Crippen LogP) is -0.0232. The Balaban J connectivity index is 1.97. The van der Waals surface area contributed by atoms with Crippen molar-refractivity contribution in [2.45, 2.75) is 0 Å². The maximum absolute atomic E-state index is 7.91. The molecule has 0 radical (unpaired) electrons. The van der Waals surface area contributed by atoms with Crippen LogP contribution < -0.4 is 0 Å². The van der Waals surface area contributed by atoms with E-state index in [1.54, 1.807) is 0 Å². The summed E-state index contributed by atoms with van der Waals surface area (Å²) in [4.78, 5) is 0. The summed E-state index contributed by atoms with van der Waals surface area (Å²) in [6.07, 6.45) is 0.403. The van der Waals surface area contributed by atoms with Gasteiger partial charge in [0, 0.05) is 15.2 Å². The molecular weight excluding hydrogens is 71.0 g/mol. The first-order chi connectivity index (χ1) is 1.91. The van der Waals surface area contributed by atoms with E-state index in [9.17, 15) is 0 Å². The summed E-state index contributed by atoms with van der Waals surface area (Å²) in [5.41, 5.74) is 0. The maximum atomic E-state index is 7.91. The molecular formula is C2H8OP+. The van der Waals surface area contributed by atoms with E-state index in [1.165, 1.54) is 0 Å². The standard InChI is InChI=1S/C2H7OP/c1-4-2-3/h3-4H,2H2,1H3/p+1. The first-order valence-electron chi connectivity index (χ1n) is 1.30. The van der Waals surface area contributed by atoms with Gasteiger partial charge in [-0.05, 0) is 0 Å². The van der Waals surface area contributed by atoms with Crippen LogP contribution in [0.4, 0.5) is 0 Å². The molecule has 0 aromatic heterocycles. The lowest BCUT2D eigenvalue weighted by Crippen LogP contribution is -1.57. The Morgan fingerprint density at radius 3 is 2.25 bits per heavy atom. The van der Waals surface area contributed by atoms with Crippen molar-refractivity contribution < 1.29 is 5.11 Å². The van der Waals surface area contributed by atoms with E-state index in [-0.39, 0.29) is 0 Å². The minimum atomic E-state index is 0.338. The molecule has 1 nitrogen and oxygen atoms in total. The van der Waals surface area contributed by atoms with E-state index in [0.29, 0.717) is 14.9 Å². The van der Waals surface area contributed by atoms with Crippen LogP contribution in [0.5, 0.6) is 0 Å². The SMILES string of the molecule is C[PH2+]CO. The van der Waals surface area contributed by atoms with Crippen molar-refractivity contribution in [3.05, 3.63) is 0 Å². The zero-order chi connectivity index (χ0) is 3.41. The highest BCUT2D eigenvalue weighted by Crippen LogP contribution is 1.93. The van der Waals surface area contributed by atoms with Crippen LogP contribution in [0.15, 0.2) is 0 Å². The maximum Gasteiger partial charge on any atom is 0.149 e. The van der Waals surface area contributed by atoms with Crippen molar-refractivity contribution >= 4 is 8.58 Å². The Morgan fingerprint density at radius 2 is 2.25 bits per heavy atom. The van der Waals surface area contributed by atoms with Crippen molar-refractivity contribution in [3.63, 3.8) is 0 Å². The number of hydrogen-bond acceptors (Lipinski definition) is 1. The lowest BCUT2D eigenvalue weighted by molar-refractivity contribution is 0.373. The van der Waals surface area contributed by atoms with E-state index in [2.05, 4.69) is 0 Å². The molecule has 0 amide bonds. The largest absolute Gasteiger partial charge is 0.362 e. The molecule has 0 aliphatic carbocycles. The fourth-order valence-electron chi connectivity index (χ4n) is 0. The first-order valence-corrected chi connectivity index (χ1v) is 3.27. The van der Waals surface area contributed by atoms with Gasteiger partial charge in [-0.15, -0.1) is 0 Å². The van der Waals surface area contributed by atoms with Gasteiger partial charge in [0.25, 0.3) is 0 Å². The van der Waals surface area contributed by atoms with E-state index in [0.717, 1.165) is 0 Å². The molecule has 0 aromatic carbocycles. The van der Waals surface area contributed by atoms with Crippen molar-refractivity contribution in [3.8, 4) is 0 Å². The van der Waals surface area contributed by atoms with Crippen LogP contribution in [0, 0.1) is 0 Å². The monoisotopic (exact) mass is 79.0 g/mol. The Hall–Kier alpha value is 0.390. The average molecular weight is 79.1 g/mol. The van der Waals surface area contributed by atoms with Gasteiger partial charge in [0.1, 0.15) is 6.35 Å². The second kappa shape index (κ2) is 3.39. The third-order valence-electron chi connectivity index (χ3n) is 0.183. The Bertz CT molecular complexity index is 8.00. The molecule has 0 aromatic rings. The van der Waals surface area contributed by atoms with Crippen LogP contribution in [0.1, 0.15) is 0 Å². The van der Waals surface area contributed by atoms with Crippen LogP contribution >= 0.6 is 8.58 Å². The van der Waals surface area contributed by atoms with Gasteiger partial charge >= 0.3 is 0 Å². The van der Waals surface area contributed by atoms with Crippen LogP contribution in [0.3, 0.4) is 0 Å². The van der Waals surface area contributed by atoms with Crippen molar-refractivity contribution in [2.75, 3.05) is 13.0 Å². The van der Waals surface area contributed by atoms with Gasteiger partial charge in [0.05, 0.1) is 0 Å². The van der Waals surface area contributed by atoms with E-state index in [4.69, 9.17) is 5.11 Å². The fourth-order valence-corrected chi connectivity index (χ4v) is 0. The summed E-state index contributed by atoms with van der Waals surface area (Å²) in [5, 5.41) is 7.91. The number of aliphatic hydroxyl groups is 1. The first kappa shape index (κ1) is 4.39. The minimum Gasteiger partial charge on any atom is -0.362 e. The fraction of sp³-hybridized carbons (Fsp3) is 1.00. The van der Waals surface area contributed by atoms with Gasteiger partial charge in [-0.1, -0.05) is 0 Å². The Kier molecular flexibility index (Phi) is 3.72. The van der Waals surface area contributed by atoms with Crippen LogP contribution in [0.2, 0.25) is 0 Å². The minimum absolute atomic E-state index is 0.338. The highest BCUT2D eigenvalue weighted by atomic mass is 31.1. The van der Waals surface area contributed by atoms with Gasteiger partial charge in [-0.3, -0.25) is 0 Å². The smallest absolute Gasteiger partial charge is 0.149 e. The van der Waals surface area contributed by atoms with Crippen molar-refractivity contribution in [1.82, 2.24) is 0 Å². The average Bonchev–Trinajstić information content (AvgIpc) is 1.37. The third-order valence-corrected chi connectivity index (χ3v) is 0.548. The second-order valence-corrected chi connectivity index (χ2v) is 1.77. The highest BCUT2D eigenvalue weighted by molar-refractivity contribution is 7.36. The van der Waals surface area contributed by atoms with Crippen LogP contribution in [-0.4, -0.2) is 18.1 Å².